The van der Waals surface area contributed by atoms with E-state index in [0.717, 1.165) is 19.4 Å². The zero-order valence-electron chi connectivity index (χ0n) is 11.9. The highest BCUT2D eigenvalue weighted by Crippen LogP contribution is 2.58. The van der Waals surface area contributed by atoms with E-state index in [2.05, 4.69) is 22.2 Å². The smallest absolute Gasteiger partial charge is 0.347 e. The van der Waals surface area contributed by atoms with Gasteiger partial charge in [-0.2, -0.15) is 0 Å². The first-order valence-corrected chi connectivity index (χ1v) is 8.40. The van der Waals surface area contributed by atoms with Crippen LogP contribution in [-0.2, 0) is 13.6 Å². The summed E-state index contributed by atoms with van der Waals surface area (Å²) in [5, 5.41) is 3.23. The van der Waals surface area contributed by atoms with Crippen LogP contribution in [0, 0.1) is 0 Å². The molecule has 0 aliphatic heterocycles. The third kappa shape index (κ3) is 4.73. The fourth-order valence-corrected chi connectivity index (χ4v) is 3.63. The van der Waals surface area contributed by atoms with E-state index in [1.54, 1.807) is 26.2 Å². The number of unbranched alkanes of at least 4 members (excludes halogenated alkanes) is 1. The number of aromatic amines is 1. The second-order valence-corrected chi connectivity index (χ2v) is 6.17. The van der Waals surface area contributed by atoms with E-state index in [0.29, 0.717) is 19.0 Å². The Hall–Kier alpha value is -0.680. The molecule has 110 valence electrons. The van der Waals surface area contributed by atoms with Crippen LogP contribution in [0.25, 0.3) is 0 Å². The SMILES string of the molecule is CCCCNC(c1ncc[nH]1)P(=O)(OCC)OCC. The van der Waals surface area contributed by atoms with E-state index in [1.807, 2.05) is 0 Å². The van der Waals surface area contributed by atoms with Gasteiger partial charge in [0.25, 0.3) is 0 Å². The summed E-state index contributed by atoms with van der Waals surface area (Å²) in [6.45, 7) is 7.13. The highest BCUT2D eigenvalue weighted by molar-refractivity contribution is 7.54. The quantitative estimate of drug-likeness (QED) is 0.511. The Morgan fingerprint density at radius 3 is 2.53 bits per heavy atom. The molecular weight excluding hydrogens is 265 g/mol. The molecule has 2 N–H and O–H groups in total. The number of nitrogens with one attached hydrogen (secondary N) is 2. The van der Waals surface area contributed by atoms with E-state index in [4.69, 9.17) is 9.05 Å². The van der Waals surface area contributed by atoms with Crippen molar-refractivity contribution in [2.75, 3.05) is 19.8 Å². The topological polar surface area (TPSA) is 76.2 Å². The normalized spacial score (nSPS) is 13.6. The van der Waals surface area contributed by atoms with Crippen LogP contribution in [0.1, 0.15) is 45.2 Å². The van der Waals surface area contributed by atoms with Gasteiger partial charge in [-0.1, -0.05) is 13.3 Å². The number of rotatable bonds is 10. The molecule has 1 heterocycles. The first-order valence-electron chi connectivity index (χ1n) is 6.79. The van der Waals surface area contributed by atoms with Crippen molar-refractivity contribution in [3.63, 3.8) is 0 Å². The summed E-state index contributed by atoms with van der Waals surface area (Å²) in [5.74, 6) is 0.0373. The van der Waals surface area contributed by atoms with Crippen LogP contribution in [-0.4, -0.2) is 29.7 Å². The van der Waals surface area contributed by atoms with Crippen molar-refractivity contribution in [2.45, 2.75) is 39.4 Å². The molecule has 0 aliphatic carbocycles. The van der Waals surface area contributed by atoms with Crippen molar-refractivity contribution < 1.29 is 13.6 Å². The molecule has 1 rings (SSSR count). The van der Waals surface area contributed by atoms with Gasteiger partial charge >= 0.3 is 7.60 Å². The van der Waals surface area contributed by atoms with Gasteiger partial charge in [0.2, 0.25) is 0 Å². The predicted octanol–water partition coefficient (Wildman–Crippen LogP) is 3.06. The fourth-order valence-electron chi connectivity index (χ4n) is 1.75. The second-order valence-electron chi connectivity index (χ2n) is 4.06. The lowest BCUT2D eigenvalue weighted by Gasteiger charge is -2.25. The number of nitrogens with zero attached hydrogens (tertiary/aromatic N) is 1. The monoisotopic (exact) mass is 289 g/mol. The van der Waals surface area contributed by atoms with Crippen LogP contribution in [0.4, 0.5) is 0 Å². The van der Waals surface area contributed by atoms with Gasteiger partial charge in [0.15, 0.2) is 5.78 Å². The Labute approximate surface area is 114 Å². The lowest BCUT2D eigenvalue weighted by atomic mass is 10.3. The van der Waals surface area contributed by atoms with E-state index >= 15 is 0 Å². The third-order valence-electron chi connectivity index (χ3n) is 2.58. The summed E-state index contributed by atoms with van der Waals surface area (Å²) in [5.41, 5.74) is 0. The van der Waals surface area contributed by atoms with Crippen molar-refractivity contribution in [1.29, 1.82) is 0 Å². The maximum Gasteiger partial charge on any atom is 0.355 e. The zero-order chi connectivity index (χ0) is 14.1. The van der Waals surface area contributed by atoms with Gasteiger partial charge in [0, 0.05) is 12.4 Å². The van der Waals surface area contributed by atoms with Gasteiger partial charge in [-0.15, -0.1) is 0 Å². The Kier molecular flexibility index (Phi) is 7.31. The highest BCUT2D eigenvalue weighted by Gasteiger charge is 2.38. The molecule has 1 unspecified atom stereocenters. The molecule has 0 bridgehead atoms. The predicted molar refractivity (Wildman–Crippen MR) is 75.1 cm³/mol. The van der Waals surface area contributed by atoms with Crippen molar-refractivity contribution in [3.05, 3.63) is 18.2 Å². The third-order valence-corrected chi connectivity index (χ3v) is 4.88. The first-order chi connectivity index (χ1) is 9.18. The standard InChI is InChI=1S/C12H24N3O3P/c1-4-7-8-15-12(11-13-9-10-14-11)19(16,17-5-2)18-6-3/h9-10,12,15H,4-8H2,1-3H3,(H,13,14). The van der Waals surface area contributed by atoms with E-state index in [1.165, 1.54) is 0 Å². The summed E-state index contributed by atoms with van der Waals surface area (Å²) in [6, 6.07) is 0. The lowest BCUT2D eigenvalue weighted by Crippen LogP contribution is -2.25. The maximum atomic E-state index is 12.8. The number of aromatic nitrogens is 2. The summed E-state index contributed by atoms with van der Waals surface area (Å²) >= 11 is 0. The van der Waals surface area contributed by atoms with Crippen molar-refractivity contribution >= 4 is 7.60 Å². The molecule has 0 amide bonds. The largest absolute Gasteiger partial charge is 0.355 e. The van der Waals surface area contributed by atoms with E-state index in [9.17, 15) is 4.57 Å². The molecule has 1 atom stereocenters. The van der Waals surface area contributed by atoms with Crippen LogP contribution in [0.15, 0.2) is 12.4 Å². The van der Waals surface area contributed by atoms with Gasteiger partial charge in [0.05, 0.1) is 13.2 Å². The van der Waals surface area contributed by atoms with Gasteiger partial charge < -0.3 is 14.0 Å². The highest BCUT2D eigenvalue weighted by atomic mass is 31.2. The van der Waals surface area contributed by atoms with Crippen molar-refractivity contribution in [1.82, 2.24) is 15.3 Å². The zero-order valence-corrected chi connectivity index (χ0v) is 12.8. The Balaban J connectivity index is 2.89. The van der Waals surface area contributed by atoms with E-state index in [-0.39, 0.29) is 0 Å². The molecule has 0 aliphatic rings. The Bertz CT molecular complexity index is 374. The van der Waals surface area contributed by atoms with Crippen LogP contribution in [0.3, 0.4) is 0 Å². The average Bonchev–Trinajstić information content (AvgIpc) is 2.88. The fraction of sp³-hybridized carbons (Fsp3) is 0.750. The van der Waals surface area contributed by atoms with Crippen molar-refractivity contribution in [2.24, 2.45) is 0 Å². The summed E-state index contributed by atoms with van der Waals surface area (Å²) < 4.78 is 23.6. The maximum absolute atomic E-state index is 12.8. The minimum Gasteiger partial charge on any atom is -0.347 e. The molecule has 0 radical (unpaired) electrons. The molecule has 0 aromatic carbocycles. The Morgan fingerprint density at radius 2 is 2.05 bits per heavy atom. The molecule has 1 aromatic heterocycles. The van der Waals surface area contributed by atoms with Gasteiger partial charge in [-0.3, -0.25) is 9.88 Å². The van der Waals surface area contributed by atoms with Crippen molar-refractivity contribution in [3.8, 4) is 0 Å². The van der Waals surface area contributed by atoms with Gasteiger partial charge in [-0.25, -0.2) is 4.98 Å². The number of hydrogen-bond donors (Lipinski definition) is 2. The summed E-state index contributed by atoms with van der Waals surface area (Å²) in [7, 11) is -3.26. The Morgan fingerprint density at radius 1 is 1.37 bits per heavy atom. The van der Waals surface area contributed by atoms with Crippen LogP contribution >= 0.6 is 7.60 Å². The number of imidazole rings is 1. The molecule has 0 saturated heterocycles. The second kappa shape index (κ2) is 8.48. The minimum atomic E-state index is -3.26. The van der Waals surface area contributed by atoms with Gasteiger partial charge in [-0.05, 0) is 26.8 Å². The first kappa shape index (κ1) is 16.4. The summed E-state index contributed by atoms with van der Waals surface area (Å²) in [4.78, 5) is 7.16. The van der Waals surface area contributed by atoms with Crippen LogP contribution in [0.2, 0.25) is 0 Å². The van der Waals surface area contributed by atoms with E-state index < -0.39 is 13.4 Å². The molecule has 7 heteroatoms. The van der Waals surface area contributed by atoms with Crippen LogP contribution < -0.4 is 5.32 Å². The summed E-state index contributed by atoms with van der Waals surface area (Å²) in [6.07, 6.45) is 5.39. The molecule has 1 aromatic rings. The molecule has 6 nitrogen and oxygen atoms in total. The lowest BCUT2D eigenvalue weighted by molar-refractivity contribution is 0.206. The van der Waals surface area contributed by atoms with Crippen LogP contribution in [0.5, 0.6) is 0 Å². The number of hydrogen-bond acceptors (Lipinski definition) is 5. The molecule has 0 saturated carbocycles. The molecular formula is C12H24N3O3P. The van der Waals surface area contributed by atoms with Gasteiger partial charge in [0.1, 0.15) is 5.82 Å². The number of H-pyrrole nitrogens is 1. The molecule has 19 heavy (non-hydrogen) atoms. The molecule has 0 spiro atoms. The average molecular weight is 289 g/mol. The minimum absolute atomic E-state index is 0.337. The molecule has 0 fully saturated rings.